The van der Waals surface area contributed by atoms with Crippen molar-refractivity contribution in [2.24, 2.45) is 11.7 Å². The van der Waals surface area contributed by atoms with Crippen molar-refractivity contribution < 1.29 is 9.78 Å². The molecule has 0 bridgehead atoms. The Morgan fingerprint density at radius 1 is 1.16 bits per heavy atom. The Labute approximate surface area is 119 Å². The number of hydrogen-bond donors (Lipinski definition) is 1. The molecule has 0 aliphatic carbocycles. The first-order valence-electron chi connectivity index (χ1n) is 7.70. The van der Waals surface area contributed by atoms with E-state index in [1.807, 2.05) is 6.92 Å². The second-order valence-corrected chi connectivity index (χ2v) is 5.70. The largest absolute Gasteiger partial charge is 0.328 e. The minimum absolute atomic E-state index is 0.180. The molecule has 0 aliphatic rings. The maximum absolute atomic E-state index is 5.63. The number of unbranched alkanes of at least 4 members (excludes halogenated alkanes) is 2. The molecule has 0 radical (unpaired) electrons. The van der Waals surface area contributed by atoms with Crippen LogP contribution in [0.4, 0.5) is 0 Å². The quantitative estimate of drug-likeness (QED) is 0.236. The van der Waals surface area contributed by atoms with E-state index in [0.29, 0.717) is 19.1 Å². The molecular weight excluding hydrogens is 238 g/mol. The van der Waals surface area contributed by atoms with Crippen LogP contribution in [0.25, 0.3) is 0 Å². The Bertz CT molecular complexity index is 217. The van der Waals surface area contributed by atoms with E-state index in [9.17, 15) is 0 Å². The van der Waals surface area contributed by atoms with Crippen molar-refractivity contribution in [2.75, 3.05) is 13.2 Å². The van der Waals surface area contributed by atoms with Gasteiger partial charge in [-0.1, -0.05) is 31.8 Å². The minimum Gasteiger partial charge on any atom is -0.328 e. The van der Waals surface area contributed by atoms with Gasteiger partial charge >= 0.3 is 0 Å². The number of rotatable bonds is 13. The Balaban J connectivity index is 3.42. The molecule has 0 spiro atoms. The fraction of sp³-hybridized carbons (Fsp3) is 0.875. The number of nitrogens with two attached hydrogens (primary N) is 1. The highest BCUT2D eigenvalue weighted by molar-refractivity contribution is 4.87. The second kappa shape index (κ2) is 12.6. The first-order valence-corrected chi connectivity index (χ1v) is 7.70. The number of allylic oxidation sites excluding steroid dienone is 1. The zero-order valence-corrected chi connectivity index (χ0v) is 13.1. The van der Waals surface area contributed by atoms with Crippen LogP contribution in [0.3, 0.4) is 0 Å². The molecule has 3 heteroatoms. The molecule has 2 N–H and O–H groups in total. The van der Waals surface area contributed by atoms with Gasteiger partial charge in [-0.3, -0.25) is 0 Å². The van der Waals surface area contributed by atoms with Gasteiger partial charge in [0.05, 0.1) is 13.2 Å². The molecule has 0 aromatic heterocycles. The summed E-state index contributed by atoms with van der Waals surface area (Å²) in [6.45, 7) is 11.5. The van der Waals surface area contributed by atoms with Crippen molar-refractivity contribution in [3.05, 3.63) is 12.2 Å². The average Bonchev–Trinajstić information content (AvgIpc) is 2.34. The first kappa shape index (κ1) is 18.6. The van der Waals surface area contributed by atoms with E-state index in [1.165, 1.54) is 31.3 Å². The van der Waals surface area contributed by atoms with Gasteiger partial charge in [0.2, 0.25) is 0 Å². The summed E-state index contributed by atoms with van der Waals surface area (Å²) in [5, 5.41) is 0. The van der Waals surface area contributed by atoms with Crippen molar-refractivity contribution >= 4 is 0 Å². The molecule has 0 saturated carbocycles. The topological polar surface area (TPSA) is 44.5 Å². The van der Waals surface area contributed by atoms with Crippen LogP contribution >= 0.6 is 0 Å². The fourth-order valence-electron chi connectivity index (χ4n) is 1.88. The molecule has 0 rings (SSSR count). The normalized spacial score (nSPS) is 14.3. The van der Waals surface area contributed by atoms with E-state index < -0.39 is 0 Å². The summed E-state index contributed by atoms with van der Waals surface area (Å²) in [4.78, 5) is 10.4. The van der Waals surface area contributed by atoms with Gasteiger partial charge in [-0.2, -0.15) is 0 Å². The molecule has 0 fully saturated rings. The van der Waals surface area contributed by atoms with Crippen LogP contribution in [0.15, 0.2) is 12.2 Å². The average molecular weight is 271 g/mol. The molecule has 0 aromatic carbocycles. The van der Waals surface area contributed by atoms with Crippen LogP contribution in [-0.2, 0) is 9.78 Å². The molecular formula is C16H33NO2. The van der Waals surface area contributed by atoms with Crippen molar-refractivity contribution in [2.45, 2.75) is 71.8 Å². The van der Waals surface area contributed by atoms with Crippen LogP contribution < -0.4 is 5.73 Å². The lowest BCUT2D eigenvalue weighted by atomic mass is 9.98. The van der Waals surface area contributed by atoms with E-state index in [2.05, 4.69) is 20.4 Å². The van der Waals surface area contributed by atoms with Gasteiger partial charge in [0.1, 0.15) is 0 Å². The third-order valence-corrected chi connectivity index (χ3v) is 3.34. The van der Waals surface area contributed by atoms with Crippen molar-refractivity contribution in [3.8, 4) is 0 Å². The maximum Gasteiger partial charge on any atom is 0.0850 e. The predicted molar refractivity (Wildman–Crippen MR) is 81.9 cm³/mol. The zero-order chi connectivity index (χ0) is 14.5. The molecule has 19 heavy (non-hydrogen) atoms. The minimum atomic E-state index is 0.180. The monoisotopic (exact) mass is 271 g/mol. The summed E-state index contributed by atoms with van der Waals surface area (Å²) in [5.74, 6) is 0.611. The van der Waals surface area contributed by atoms with Gasteiger partial charge in [-0.15, -0.1) is 6.58 Å². The van der Waals surface area contributed by atoms with Gasteiger partial charge < -0.3 is 5.73 Å². The molecule has 3 nitrogen and oxygen atoms in total. The SMILES string of the molecule is C=C(C)CCCCCC(CC)COOCCC(C)N. The van der Waals surface area contributed by atoms with Crippen LogP contribution in [0.1, 0.15) is 65.7 Å². The summed E-state index contributed by atoms with van der Waals surface area (Å²) in [7, 11) is 0. The standard InChI is InChI=1S/C16H33NO2/c1-5-16(10-8-6-7-9-14(2)3)13-19-18-12-11-15(4)17/h15-16H,2,5-13,17H2,1,3-4H3. The highest BCUT2D eigenvalue weighted by atomic mass is 17.2. The molecule has 0 saturated heterocycles. The highest BCUT2D eigenvalue weighted by Gasteiger charge is 2.07. The van der Waals surface area contributed by atoms with Gasteiger partial charge in [0.25, 0.3) is 0 Å². The smallest absolute Gasteiger partial charge is 0.0850 e. The molecule has 2 unspecified atom stereocenters. The van der Waals surface area contributed by atoms with Crippen molar-refractivity contribution in [3.63, 3.8) is 0 Å². The Morgan fingerprint density at radius 3 is 2.47 bits per heavy atom. The van der Waals surface area contributed by atoms with Crippen LogP contribution in [0.5, 0.6) is 0 Å². The molecule has 0 heterocycles. The van der Waals surface area contributed by atoms with Crippen LogP contribution in [-0.4, -0.2) is 19.3 Å². The first-order chi connectivity index (χ1) is 9.06. The molecule has 0 amide bonds. The van der Waals surface area contributed by atoms with Gasteiger partial charge in [-0.25, -0.2) is 9.78 Å². The van der Waals surface area contributed by atoms with Gasteiger partial charge in [0.15, 0.2) is 0 Å². The van der Waals surface area contributed by atoms with Gasteiger partial charge in [-0.05, 0) is 45.4 Å². The lowest BCUT2D eigenvalue weighted by Gasteiger charge is -2.14. The molecule has 0 aromatic rings. The maximum atomic E-state index is 5.63. The summed E-state index contributed by atoms with van der Waals surface area (Å²) in [6.07, 6.45) is 8.20. The van der Waals surface area contributed by atoms with E-state index in [-0.39, 0.29) is 6.04 Å². The summed E-state index contributed by atoms with van der Waals surface area (Å²) in [5.41, 5.74) is 6.92. The Morgan fingerprint density at radius 2 is 1.89 bits per heavy atom. The second-order valence-electron chi connectivity index (χ2n) is 5.70. The van der Waals surface area contributed by atoms with Gasteiger partial charge in [0, 0.05) is 6.04 Å². The number of hydrogen-bond acceptors (Lipinski definition) is 3. The lowest BCUT2D eigenvalue weighted by molar-refractivity contribution is -0.302. The summed E-state index contributed by atoms with van der Waals surface area (Å²) >= 11 is 0. The fourth-order valence-corrected chi connectivity index (χ4v) is 1.88. The van der Waals surface area contributed by atoms with Crippen LogP contribution in [0.2, 0.25) is 0 Å². The summed E-state index contributed by atoms with van der Waals surface area (Å²) in [6, 6.07) is 0.180. The molecule has 0 aliphatic heterocycles. The highest BCUT2D eigenvalue weighted by Crippen LogP contribution is 2.16. The molecule has 2 atom stereocenters. The summed E-state index contributed by atoms with van der Waals surface area (Å²) < 4.78 is 0. The van der Waals surface area contributed by atoms with E-state index in [1.54, 1.807) is 0 Å². The predicted octanol–water partition coefficient (Wildman–Crippen LogP) is 4.22. The third-order valence-electron chi connectivity index (χ3n) is 3.34. The van der Waals surface area contributed by atoms with Crippen molar-refractivity contribution in [1.82, 2.24) is 0 Å². The Hall–Kier alpha value is -0.380. The zero-order valence-electron chi connectivity index (χ0n) is 13.1. The van der Waals surface area contributed by atoms with Crippen molar-refractivity contribution in [1.29, 1.82) is 0 Å². The van der Waals surface area contributed by atoms with E-state index in [0.717, 1.165) is 19.3 Å². The third kappa shape index (κ3) is 13.8. The van der Waals surface area contributed by atoms with Crippen LogP contribution in [0, 0.1) is 5.92 Å². The lowest BCUT2D eigenvalue weighted by Crippen LogP contribution is -2.18. The van der Waals surface area contributed by atoms with E-state index >= 15 is 0 Å². The Kier molecular flexibility index (Phi) is 12.4. The molecule has 114 valence electrons. The van der Waals surface area contributed by atoms with E-state index in [4.69, 9.17) is 15.5 Å².